The number of nitrogens with two attached hydrogens (primary N) is 3. The third-order valence-electron chi connectivity index (χ3n) is 16.5. The molecule has 2 fully saturated rings. The molecule has 2 aliphatic heterocycles. The van der Waals surface area contributed by atoms with Gasteiger partial charge in [-0.2, -0.15) is 0 Å². The van der Waals surface area contributed by atoms with Gasteiger partial charge in [-0.25, -0.2) is 0 Å². The van der Waals surface area contributed by atoms with Crippen LogP contribution in [-0.4, -0.2) is 177 Å². The van der Waals surface area contributed by atoms with Crippen molar-refractivity contribution < 1.29 is 52.7 Å². The third kappa shape index (κ3) is 25.2. The number of hydrogen-bond acceptors (Lipinski definition) is 17. The lowest BCUT2D eigenvalue weighted by Gasteiger charge is -2.31. The van der Waals surface area contributed by atoms with Crippen LogP contribution in [0.2, 0.25) is 5.02 Å². The molecule has 0 spiro atoms. The number of nitrogens with one attached hydrogen (secondary N) is 13. The number of aromatic nitrogens is 2. The molecule has 0 aliphatic carbocycles. The molecular formula is C68H88ClN19O11S2. The molecule has 19 N–H and O–H groups in total. The summed E-state index contributed by atoms with van der Waals surface area (Å²) in [7, 11) is 1.50. The van der Waals surface area contributed by atoms with Gasteiger partial charge in [0.1, 0.15) is 54.4 Å². The number of carbonyl (C=O) groups is 11. The van der Waals surface area contributed by atoms with Crippen LogP contribution in [-0.2, 0) is 78.4 Å². The Balaban J connectivity index is 1.26. The summed E-state index contributed by atoms with van der Waals surface area (Å²) in [5, 5.41) is 46.2. The van der Waals surface area contributed by atoms with Crippen LogP contribution in [0.3, 0.4) is 0 Å². The molecule has 11 amide bonds. The summed E-state index contributed by atoms with van der Waals surface area (Å²) in [5.74, 6) is -10.5. The number of guanidine groups is 2. The molecule has 2 aromatic heterocycles. The Morgan fingerprint density at radius 3 is 1.77 bits per heavy atom. The minimum Gasteiger partial charge on any atom is -0.370 e. The Bertz CT molecular complexity index is 3750. The Morgan fingerprint density at radius 2 is 1.16 bits per heavy atom. The van der Waals surface area contributed by atoms with Crippen molar-refractivity contribution in [3.8, 4) is 0 Å². The number of benzene rings is 3. The van der Waals surface area contributed by atoms with Crippen molar-refractivity contribution in [1.29, 1.82) is 10.8 Å². The van der Waals surface area contributed by atoms with E-state index in [2.05, 4.69) is 68.5 Å². The van der Waals surface area contributed by atoms with E-state index in [4.69, 9.17) is 39.6 Å². The lowest BCUT2D eigenvalue weighted by Crippen LogP contribution is -2.61. The van der Waals surface area contributed by atoms with Crippen LogP contribution >= 0.6 is 33.2 Å². The largest absolute Gasteiger partial charge is 0.370 e. The monoisotopic (exact) mass is 1450 g/mol. The van der Waals surface area contributed by atoms with E-state index in [0.29, 0.717) is 44.5 Å². The van der Waals surface area contributed by atoms with Crippen LogP contribution in [0.4, 0.5) is 0 Å². The predicted molar refractivity (Wildman–Crippen MR) is 383 cm³/mol. The molecule has 3 aromatic carbocycles. The van der Waals surface area contributed by atoms with E-state index in [1.165, 1.54) is 36.6 Å². The van der Waals surface area contributed by atoms with Crippen molar-refractivity contribution in [2.45, 2.75) is 151 Å². The number of pyridine rings is 2. The second kappa shape index (κ2) is 39.1. The number of hydrogen-bond donors (Lipinski definition) is 16. The Hall–Kier alpha value is -10.1. The fourth-order valence-corrected chi connectivity index (χ4v) is 13.9. The molecule has 5 aromatic rings. The quantitative estimate of drug-likeness (QED) is 0.0154. The molecule has 101 heavy (non-hydrogen) atoms. The van der Waals surface area contributed by atoms with Gasteiger partial charge < -0.3 is 80.6 Å². The molecule has 2 aliphatic rings. The third-order valence-corrected chi connectivity index (χ3v) is 19.3. The summed E-state index contributed by atoms with van der Waals surface area (Å²) < 4.78 is 0. The minimum atomic E-state index is -1.69. The number of rotatable bonds is 26. The average Bonchev–Trinajstić information content (AvgIpc) is 1.28. The van der Waals surface area contributed by atoms with Gasteiger partial charge in [-0.15, -0.1) is 0 Å². The summed E-state index contributed by atoms with van der Waals surface area (Å²) in [6.45, 7) is 5.08. The van der Waals surface area contributed by atoms with Crippen molar-refractivity contribution in [2.24, 2.45) is 23.1 Å². The average molecular weight is 1450 g/mol. The molecule has 0 saturated carbocycles. The molecule has 30 nitrogen and oxygen atoms in total. The maximum atomic E-state index is 15.3. The molecule has 0 bridgehead atoms. The number of amides is 11. The van der Waals surface area contributed by atoms with E-state index in [0.717, 1.165) is 21.6 Å². The van der Waals surface area contributed by atoms with Gasteiger partial charge in [-0.3, -0.25) is 73.5 Å². The van der Waals surface area contributed by atoms with Crippen molar-refractivity contribution in [3.05, 3.63) is 143 Å². The first-order valence-electron chi connectivity index (χ1n) is 33.0. The van der Waals surface area contributed by atoms with E-state index < -0.39 is 136 Å². The van der Waals surface area contributed by atoms with Gasteiger partial charge in [0.05, 0.1) is 0 Å². The molecular weight excluding hydrogens is 1360 g/mol. The summed E-state index contributed by atoms with van der Waals surface area (Å²) in [4.78, 5) is 170. The Labute approximate surface area is 597 Å². The number of carbonyl (C=O) groups excluding carboxylic acids is 11. The van der Waals surface area contributed by atoms with Gasteiger partial charge in [-0.1, -0.05) is 114 Å². The first-order chi connectivity index (χ1) is 48.3. The van der Waals surface area contributed by atoms with E-state index in [-0.39, 0.29) is 95.7 Å². The standard InChI is InChI=1S/C68H88ClN19O11S2/c1-38(2)29-49-58(92)81-48(16-9-27-78-68(73)74)66(99)88-28-10-17-55(88)64(98)87-65(56(70)90)101-100-37-54(63(97)80-47(15-8-26-77-67(71)72)57(91)83-52(61(95)82-49)33-42-11-6-24-75-35-42)86-62(96)53(34-43-12-7-25-76-36-43)85-60(94)51(31-40-19-22-46(69)23-20-40)84-59(93)50(79-39(3)89)32-41-18-21-44-13-4-5-14-45(44)30-41/h4-7,11-14,18-25,30,35-36,38,47-55,65H,8-10,15-17,26-29,31-34,37H2,1-3H3,(H2,70,90)(H,79,89)(H,80,97)(H,81,92)(H,82,95)(H,83,91)(H,84,93)(H,85,94)(H,86,96)(H,87,98)(H4,71,72,77)(H4,73,74,78)/t47-,48-,49-,50+,51+,52+,53+,54-,55-,65+/m0/s1. The first kappa shape index (κ1) is 78.3. The van der Waals surface area contributed by atoms with Crippen LogP contribution in [0, 0.1) is 16.7 Å². The fourth-order valence-electron chi connectivity index (χ4n) is 11.5. The molecule has 540 valence electrons. The SMILES string of the molecule is CC(=O)N[C@H](Cc1ccc2ccccc2c1)C(=O)N[C@H](Cc1ccc(Cl)cc1)C(=O)N[C@H](Cc1cccnc1)C(=O)N[C@H]1CSS[C@H](C(N)=O)NC(=O)[C@@H]2CCCN2C(=O)[C@H](CCCNC(=N)N)NC(=O)[C@H](CC(C)C)NC(=O)[C@@H](Cc2cccnc2)NC(=O)[C@H](CCCNC(=N)N)NC1=O. The van der Waals surface area contributed by atoms with Crippen LogP contribution in [0.15, 0.2) is 116 Å². The lowest BCUT2D eigenvalue weighted by atomic mass is 9.99. The highest BCUT2D eigenvalue weighted by Crippen LogP contribution is 2.28. The molecule has 10 atom stereocenters. The molecule has 2 saturated heterocycles. The van der Waals surface area contributed by atoms with Crippen molar-refractivity contribution in [2.75, 3.05) is 25.4 Å². The molecule has 33 heteroatoms. The maximum Gasteiger partial charge on any atom is 0.251 e. The molecule has 0 unspecified atom stereocenters. The van der Waals surface area contributed by atoms with Gasteiger partial charge in [0.25, 0.3) is 5.91 Å². The molecule has 0 radical (unpaired) electrons. The smallest absolute Gasteiger partial charge is 0.251 e. The summed E-state index contributed by atoms with van der Waals surface area (Å²) in [6, 6.07) is 13.5. The van der Waals surface area contributed by atoms with Crippen molar-refractivity contribution in [1.82, 2.24) is 73.4 Å². The highest BCUT2D eigenvalue weighted by Gasteiger charge is 2.41. The van der Waals surface area contributed by atoms with Gasteiger partial charge >= 0.3 is 0 Å². The first-order valence-corrected chi connectivity index (χ1v) is 35.8. The minimum absolute atomic E-state index is 0.0180. The zero-order valence-electron chi connectivity index (χ0n) is 56.2. The summed E-state index contributed by atoms with van der Waals surface area (Å²) in [5.41, 5.74) is 19.2. The van der Waals surface area contributed by atoms with E-state index in [1.54, 1.807) is 62.4 Å². The Kier molecular flexibility index (Phi) is 30.3. The fraction of sp³-hybridized carbons (Fsp3) is 0.426. The number of primary amides is 1. The normalized spacial score (nSPS) is 20.4. The lowest BCUT2D eigenvalue weighted by molar-refractivity contribution is -0.142. The van der Waals surface area contributed by atoms with Gasteiger partial charge in [0.15, 0.2) is 17.3 Å². The molecule has 7 rings (SSSR count). The van der Waals surface area contributed by atoms with Gasteiger partial charge in [-0.05, 0) is 108 Å². The van der Waals surface area contributed by atoms with Gasteiger partial charge in [0, 0.05) is 87.8 Å². The highest BCUT2D eigenvalue weighted by molar-refractivity contribution is 8.77. The molecule has 4 heterocycles. The zero-order valence-corrected chi connectivity index (χ0v) is 58.6. The number of halogens is 1. The van der Waals surface area contributed by atoms with E-state index in [9.17, 15) is 33.6 Å². The van der Waals surface area contributed by atoms with Crippen LogP contribution < -0.4 is 75.7 Å². The van der Waals surface area contributed by atoms with Crippen LogP contribution in [0.5, 0.6) is 0 Å². The van der Waals surface area contributed by atoms with E-state index in [1.807, 2.05) is 42.5 Å². The summed E-state index contributed by atoms with van der Waals surface area (Å²) in [6.07, 6.45) is 5.90. The number of fused-ring (bicyclic) bond motifs is 2. The van der Waals surface area contributed by atoms with Crippen LogP contribution in [0.1, 0.15) is 88.0 Å². The zero-order chi connectivity index (χ0) is 73.1. The van der Waals surface area contributed by atoms with Crippen molar-refractivity contribution in [3.63, 3.8) is 0 Å². The number of nitrogens with zero attached hydrogens (tertiary/aromatic N) is 3. The van der Waals surface area contributed by atoms with Crippen molar-refractivity contribution >= 4 is 121 Å². The van der Waals surface area contributed by atoms with Crippen LogP contribution in [0.25, 0.3) is 10.8 Å². The second-order valence-electron chi connectivity index (χ2n) is 25.0. The van der Waals surface area contributed by atoms with E-state index >= 15 is 19.2 Å². The van der Waals surface area contributed by atoms with Gasteiger partial charge in [0.2, 0.25) is 59.1 Å². The predicted octanol–water partition coefficient (Wildman–Crippen LogP) is 0.338. The summed E-state index contributed by atoms with van der Waals surface area (Å²) >= 11 is 6.28. The maximum absolute atomic E-state index is 15.3. The second-order valence-corrected chi connectivity index (χ2v) is 27.9. The highest BCUT2D eigenvalue weighted by atomic mass is 35.5. The Morgan fingerprint density at radius 1 is 0.614 bits per heavy atom. The topological polar surface area (TPSA) is 475 Å².